The summed E-state index contributed by atoms with van der Waals surface area (Å²) in [6.45, 7) is 3.32. The van der Waals surface area contributed by atoms with Crippen LogP contribution in [-0.2, 0) is 4.79 Å². The van der Waals surface area contributed by atoms with E-state index in [1.807, 2.05) is 0 Å². The van der Waals surface area contributed by atoms with Crippen LogP contribution >= 0.6 is 12.4 Å². The molecule has 0 aromatic rings. The number of carbonyl (C=O) groups excluding carboxylic acids is 1. The molecule has 2 saturated heterocycles. The summed E-state index contributed by atoms with van der Waals surface area (Å²) in [5, 5.41) is 3.44. The van der Waals surface area contributed by atoms with Gasteiger partial charge in [0.2, 0.25) is 5.91 Å². The van der Waals surface area contributed by atoms with Crippen molar-refractivity contribution in [2.45, 2.75) is 63.8 Å². The minimum Gasteiger partial charge on any atom is -0.339 e. The molecular formula is C16H29ClN2O. The van der Waals surface area contributed by atoms with Gasteiger partial charge in [-0.05, 0) is 57.5 Å². The maximum Gasteiger partial charge on any atom is 0.225 e. The highest BCUT2D eigenvalue weighted by Crippen LogP contribution is 2.33. The summed E-state index contributed by atoms with van der Waals surface area (Å²) in [6, 6.07) is 0.566. The molecule has 0 radical (unpaired) electrons. The van der Waals surface area contributed by atoms with Gasteiger partial charge in [-0.2, -0.15) is 0 Å². The summed E-state index contributed by atoms with van der Waals surface area (Å²) < 4.78 is 0. The van der Waals surface area contributed by atoms with Crippen LogP contribution in [0, 0.1) is 11.8 Å². The van der Waals surface area contributed by atoms with E-state index in [1.165, 1.54) is 44.9 Å². The molecule has 1 aliphatic carbocycles. The van der Waals surface area contributed by atoms with Crippen LogP contribution in [0.15, 0.2) is 0 Å². The van der Waals surface area contributed by atoms with Gasteiger partial charge in [-0.25, -0.2) is 0 Å². The van der Waals surface area contributed by atoms with Crippen LogP contribution in [0.5, 0.6) is 0 Å². The number of likely N-dealkylation sites (tertiary alicyclic amines) is 1. The predicted molar refractivity (Wildman–Crippen MR) is 84.2 cm³/mol. The molecule has 4 heteroatoms. The Balaban J connectivity index is 0.00000147. The third kappa shape index (κ3) is 3.48. The Hall–Kier alpha value is -0.280. The average molecular weight is 301 g/mol. The summed E-state index contributed by atoms with van der Waals surface area (Å²) in [5.74, 6) is 1.62. The molecule has 20 heavy (non-hydrogen) atoms. The van der Waals surface area contributed by atoms with Crippen LogP contribution in [-0.4, -0.2) is 36.5 Å². The van der Waals surface area contributed by atoms with Crippen molar-refractivity contribution >= 4 is 18.3 Å². The van der Waals surface area contributed by atoms with Crippen molar-refractivity contribution in [3.8, 4) is 0 Å². The van der Waals surface area contributed by atoms with E-state index in [9.17, 15) is 4.79 Å². The lowest BCUT2D eigenvalue weighted by atomic mass is 9.85. The normalized spacial score (nSPS) is 29.2. The van der Waals surface area contributed by atoms with Gasteiger partial charge in [0, 0.05) is 18.5 Å². The molecule has 2 heterocycles. The lowest BCUT2D eigenvalue weighted by Gasteiger charge is -2.36. The number of nitrogens with zero attached hydrogens (tertiary/aromatic N) is 1. The minimum absolute atomic E-state index is 0. The monoisotopic (exact) mass is 300 g/mol. The molecule has 1 amide bonds. The SMILES string of the molecule is Cl.O=C(C1CCCCC1)N1CCCC1C1CCNCC1. The maximum atomic E-state index is 12.8. The number of hydrogen-bond acceptors (Lipinski definition) is 2. The highest BCUT2D eigenvalue weighted by atomic mass is 35.5. The zero-order valence-electron chi connectivity index (χ0n) is 12.5. The van der Waals surface area contributed by atoms with Crippen LogP contribution in [0.2, 0.25) is 0 Å². The lowest BCUT2D eigenvalue weighted by Crippen LogP contribution is -2.46. The van der Waals surface area contributed by atoms with Gasteiger partial charge >= 0.3 is 0 Å². The number of amides is 1. The Labute approximate surface area is 129 Å². The fourth-order valence-electron chi connectivity index (χ4n) is 4.37. The van der Waals surface area contributed by atoms with Crippen LogP contribution in [0.1, 0.15) is 57.8 Å². The average Bonchev–Trinajstić information content (AvgIpc) is 2.98. The quantitative estimate of drug-likeness (QED) is 0.850. The number of halogens is 1. The standard InChI is InChI=1S/C16H28N2O.ClH/c19-16(14-5-2-1-3-6-14)18-12-4-7-15(18)13-8-10-17-11-9-13;/h13-15,17H,1-12H2;1H. The molecule has 0 aromatic heterocycles. The van der Waals surface area contributed by atoms with E-state index < -0.39 is 0 Å². The van der Waals surface area contributed by atoms with Crippen LogP contribution in [0.25, 0.3) is 0 Å². The molecule has 116 valence electrons. The van der Waals surface area contributed by atoms with E-state index in [4.69, 9.17) is 0 Å². The van der Waals surface area contributed by atoms with Crippen molar-refractivity contribution in [2.24, 2.45) is 11.8 Å². The second kappa shape index (κ2) is 7.65. The molecule has 0 bridgehead atoms. The molecule has 3 nitrogen and oxygen atoms in total. The van der Waals surface area contributed by atoms with Gasteiger partial charge in [0.1, 0.15) is 0 Å². The molecule has 1 atom stereocenters. The highest BCUT2D eigenvalue weighted by Gasteiger charge is 2.37. The number of hydrogen-bond donors (Lipinski definition) is 1. The second-order valence-corrected chi connectivity index (χ2v) is 6.66. The summed E-state index contributed by atoms with van der Waals surface area (Å²) in [6.07, 6.45) is 11.2. The van der Waals surface area contributed by atoms with E-state index in [2.05, 4.69) is 10.2 Å². The predicted octanol–water partition coefficient (Wildman–Crippen LogP) is 2.98. The first kappa shape index (κ1) is 16.1. The van der Waals surface area contributed by atoms with Gasteiger partial charge in [0.25, 0.3) is 0 Å². The fourth-order valence-corrected chi connectivity index (χ4v) is 4.37. The van der Waals surface area contributed by atoms with E-state index in [-0.39, 0.29) is 12.4 Å². The van der Waals surface area contributed by atoms with Crippen molar-refractivity contribution in [3.05, 3.63) is 0 Å². The van der Waals surface area contributed by atoms with Gasteiger partial charge in [-0.3, -0.25) is 4.79 Å². The van der Waals surface area contributed by atoms with Crippen LogP contribution < -0.4 is 5.32 Å². The largest absolute Gasteiger partial charge is 0.339 e. The number of nitrogens with one attached hydrogen (secondary N) is 1. The first-order chi connectivity index (χ1) is 9.36. The number of carbonyl (C=O) groups is 1. The van der Waals surface area contributed by atoms with Crippen molar-refractivity contribution in [3.63, 3.8) is 0 Å². The maximum absolute atomic E-state index is 12.8. The molecule has 3 rings (SSSR count). The second-order valence-electron chi connectivity index (χ2n) is 6.66. The molecular weight excluding hydrogens is 272 g/mol. The minimum atomic E-state index is 0. The van der Waals surface area contributed by atoms with E-state index in [0.717, 1.165) is 38.4 Å². The molecule has 2 aliphatic heterocycles. The van der Waals surface area contributed by atoms with Gasteiger partial charge in [-0.15, -0.1) is 12.4 Å². The summed E-state index contributed by atoms with van der Waals surface area (Å²) in [7, 11) is 0. The van der Waals surface area contributed by atoms with Crippen molar-refractivity contribution < 1.29 is 4.79 Å². The summed E-state index contributed by atoms with van der Waals surface area (Å²) in [5.41, 5.74) is 0. The molecule has 0 aromatic carbocycles. The molecule has 3 fully saturated rings. The van der Waals surface area contributed by atoms with Gasteiger partial charge < -0.3 is 10.2 Å². The lowest BCUT2D eigenvalue weighted by molar-refractivity contribution is -0.138. The van der Waals surface area contributed by atoms with Crippen LogP contribution in [0.4, 0.5) is 0 Å². The highest BCUT2D eigenvalue weighted by molar-refractivity contribution is 5.85. The van der Waals surface area contributed by atoms with Crippen molar-refractivity contribution in [1.82, 2.24) is 10.2 Å². The Kier molecular flexibility index (Phi) is 6.16. The van der Waals surface area contributed by atoms with Gasteiger partial charge in [0.05, 0.1) is 0 Å². The molecule has 0 spiro atoms. The summed E-state index contributed by atoms with van der Waals surface area (Å²) >= 11 is 0. The Bertz CT molecular complexity index is 312. The topological polar surface area (TPSA) is 32.3 Å². The van der Waals surface area contributed by atoms with E-state index in [1.54, 1.807) is 0 Å². The smallest absolute Gasteiger partial charge is 0.225 e. The van der Waals surface area contributed by atoms with Crippen LogP contribution in [0.3, 0.4) is 0 Å². The van der Waals surface area contributed by atoms with Gasteiger partial charge in [0.15, 0.2) is 0 Å². The number of rotatable bonds is 2. The van der Waals surface area contributed by atoms with E-state index in [0.29, 0.717) is 17.9 Å². The Morgan fingerprint density at radius 1 is 0.900 bits per heavy atom. The number of piperidine rings is 1. The van der Waals surface area contributed by atoms with Crippen molar-refractivity contribution in [1.29, 1.82) is 0 Å². The van der Waals surface area contributed by atoms with E-state index >= 15 is 0 Å². The van der Waals surface area contributed by atoms with Crippen molar-refractivity contribution in [2.75, 3.05) is 19.6 Å². The first-order valence-electron chi connectivity index (χ1n) is 8.37. The zero-order valence-corrected chi connectivity index (χ0v) is 13.3. The fraction of sp³-hybridized carbons (Fsp3) is 0.938. The molecule has 3 aliphatic rings. The third-order valence-corrected chi connectivity index (χ3v) is 5.46. The Morgan fingerprint density at radius 2 is 1.60 bits per heavy atom. The Morgan fingerprint density at radius 3 is 2.30 bits per heavy atom. The zero-order chi connectivity index (χ0) is 13.1. The third-order valence-electron chi connectivity index (χ3n) is 5.46. The molecule has 1 saturated carbocycles. The molecule has 1 unspecified atom stereocenters. The summed E-state index contributed by atoms with van der Waals surface area (Å²) in [4.78, 5) is 15.0. The van der Waals surface area contributed by atoms with Gasteiger partial charge in [-0.1, -0.05) is 19.3 Å². The first-order valence-corrected chi connectivity index (χ1v) is 8.37. The molecule has 1 N–H and O–H groups in total.